The van der Waals surface area contributed by atoms with Crippen LogP contribution in [0.25, 0.3) is 10.8 Å². The highest BCUT2D eigenvalue weighted by Gasteiger charge is 2.13. The number of aliphatic hydroxyl groups is 1. The second-order valence-corrected chi connectivity index (χ2v) is 4.71. The van der Waals surface area contributed by atoms with E-state index >= 15 is 0 Å². The number of aromatic amines is 1. The maximum Gasteiger partial charge on any atom is 0.273 e. The van der Waals surface area contributed by atoms with Crippen molar-refractivity contribution in [2.75, 3.05) is 0 Å². The molecule has 0 fully saturated rings. The normalized spacial score (nSPS) is 13.1. The maximum atomic E-state index is 12.1. The Hall–Kier alpha value is -1.88. The molecule has 0 aliphatic rings. The van der Waals surface area contributed by atoms with E-state index in [4.69, 9.17) is 0 Å². The van der Waals surface area contributed by atoms with Gasteiger partial charge < -0.3 is 5.11 Å². The molecule has 2 N–H and O–H groups in total. The van der Waals surface area contributed by atoms with Gasteiger partial charge in [0.1, 0.15) is 0 Å². The Kier molecular flexibility index (Phi) is 3.34. The molecule has 1 aromatic carbocycles. The van der Waals surface area contributed by atoms with Crippen LogP contribution in [0.4, 0.5) is 0 Å². The molecular formula is C13H16N2O3. The summed E-state index contributed by atoms with van der Waals surface area (Å²) in [6.45, 7) is 3.81. The number of nitrogens with one attached hydrogen (secondary N) is 1. The molecule has 0 aliphatic heterocycles. The SMILES string of the molecule is CC(C)C(O)Cn1[nH]c(=O)c2ccccc2c1=O. The fourth-order valence-electron chi connectivity index (χ4n) is 1.77. The molecule has 96 valence electrons. The van der Waals surface area contributed by atoms with Gasteiger partial charge in [0.05, 0.1) is 23.4 Å². The Bertz CT molecular complexity index is 670. The van der Waals surface area contributed by atoms with E-state index in [1.54, 1.807) is 24.3 Å². The molecule has 0 bridgehead atoms. The zero-order valence-electron chi connectivity index (χ0n) is 10.4. The minimum atomic E-state index is -0.667. The van der Waals surface area contributed by atoms with E-state index in [0.717, 1.165) is 0 Å². The molecule has 0 aliphatic carbocycles. The van der Waals surface area contributed by atoms with Gasteiger partial charge in [-0.2, -0.15) is 0 Å². The number of aliphatic hydroxyl groups excluding tert-OH is 1. The average Bonchev–Trinajstić information content (AvgIpc) is 2.35. The minimum absolute atomic E-state index is 0.0203. The van der Waals surface area contributed by atoms with Crippen LogP contribution in [-0.4, -0.2) is 21.0 Å². The highest BCUT2D eigenvalue weighted by molar-refractivity contribution is 5.80. The summed E-state index contributed by atoms with van der Waals surface area (Å²) in [4.78, 5) is 23.9. The molecule has 0 radical (unpaired) electrons. The third kappa shape index (κ3) is 2.22. The first kappa shape index (κ1) is 12.6. The van der Waals surface area contributed by atoms with Crippen LogP contribution in [0.2, 0.25) is 0 Å². The highest BCUT2D eigenvalue weighted by Crippen LogP contribution is 2.05. The third-order valence-corrected chi connectivity index (χ3v) is 3.02. The van der Waals surface area contributed by atoms with Crippen molar-refractivity contribution in [2.45, 2.75) is 26.5 Å². The summed E-state index contributed by atoms with van der Waals surface area (Å²) in [7, 11) is 0. The minimum Gasteiger partial charge on any atom is -0.391 e. The molecule has 0 spiro atoms. The van der Waals surface area contributed by atoms with Crippen LogP contribution in [0.5, 0.6) is 0 Å². The van der Waals surface area contributed by atoms with Gasteiger partial charge in [-0.25, -0.2) is 4.68 Å². The third-order valence-electron chi connectivity index (χ3n) is 3.02. The van der Waals surface area contributed by atoms with E-state index in [1.807, 2.05) is 13.8 Å². The van der Waals surface area contributed by atoms with Gasteiger partial charge in [-0.3, -0.25) is 14.7 Å². The van der Waals surface area contributed by atoms with Gasteiger partial charge in [0, 0.05) is 0 Å². The number of benzene rings is 1. The van der Waals surface area contributed by atoms with Crippen LogP contribution in [0.1, 0.15) is 13.8 Å². The van der Waals surface area contributed by atoms with E-state index in [-0.39, 0.29) is 23.6 Å². The van der Waals surface area contributed by atoms with Crippen molar-refractivity contribution in [3.8, 4) is 0 Å². The number of aromatic nitrogens is 2. The maximum absolute atomic E-state index is 12.1. The quantitative estimate of drug-likeness (QED) is 0.840. The van der Waals surface area contributed by atoms with E-state index in [0.29, 0.717) is 10.8 Å². The first-order valence-corrected chi connectivity index (χ1v) is 5.90. The summed E-state index contributed by atoms with van der Waals surface area (Å²) >= 11 is 0. The number of nitrogens with zero attached hydrogens (tertiary/aromatic N) is 1. The van der Waals surface area contributed by atoms with Crippen LogP contribution >= 0.6 is 0 Å². The molecule has 1 unspecified atom stereocenters. The first-order valence-electron chi connectivity index (χ1n) is 5.90. The van der Waals surface area contributed by atoms with Gasteiger partial charge in [-0.1, -0.05) is 26.0 Å². The topological polar surface area (TPSA) is 75.1 Å². The van der Waals surface area contributed by atoms with Crippen molar-refractivity contribution in [3.63, 3.8) is 0 Å². The molecule has 5 heteroatoms. The molecule has 2 rings (SSSR count). The zero-order chi connectivity index (χ0) is 13.3. The Morgan fingerprint density at radius 2 is 1.83 bits per heavy atom. The molecule has 5 nitrogen and oxygen atoms in total. The number of fused-ring (bicyclic) bond motifs is 1. The lowest BCUT2D eigenvalue weighted by Crippen LogP contribution is -2.35. The lowest BCUT2D eigenvalue weighted by atomic mass is 10.1. The summed E-state index contributed by atoms with van der Waals surface area (Å²) < 4.78 is 1.18. The Balaban J connectivity index is 2.57. The molecule has 1 atom stereocenters. The van der Waals surface area contributed by atoms with Crippen LogP contribution in [-0.2, 0) is 6.54 Å². The Morgan fingerprint density at radius 1 is 1.22 bits per heavy atom. The summed E-state index contributed by atoms with van der Waals surface area (Å²) in [5, 5.41) is 13.0. The summed E-state index contributed by atoms with van der Waals surface area (Å²) in [5.74, 6) is 0.0203. The van der Waals surface area contributed by atoms with Crippen molar-refractivity contribution in [1.29, 1.82) is 0 Å². The molecule has 0 amide bonds. The Morgan fingerprint density at radius 3 is 2.44 bits per heavy atom. The molecule has 2 aromatic rings. The van der Waals surface area contributed by atoms with Crippen molar-refractivity contribution in [3.05, 3.63) is 45.0 Å². The van der Waals surface area contributed by atoms with Crippen LogP contribution in [0.15, 0.2) is 33.9 Å². The predicted octanol–water partition coefficient (Wildman–Crippen LogP) is 0.707. The number of hydrogen-bond acceptors (Lipinski definition) is 3. The van der Waals surface area contributed by atoms with Gasteiger partial charge in [-0.15, -0.1) is 0 Å². The van der Waals surface area contributed by atoms with E-state index in [9.17, 15) is 14.7 Å². The summed E-state index contributed by atoms with van der Waals surface area (Å²) in [6.07, 6.45) is -0.667. The predicted molar refractivity (Wildman–Crippen MR) is 69.7 cm³/mol. The second-order valence-electron chi connectivity index (χ2n) is 4.71. The van der Waals surface area contributed by atoms with Crippen LogP contribution in [0.3, 0.4) is 0 Å². The molecular weight excluding hydrogens is 232 g/mol. The second kappa shape index (κ2) is 4.78. The Labute approximate surface area is 104 Å². The van der Waals surface area contributed by atoms with Crippen LogP contribution in [0, 0.1) is 5.92 Å². The van der Waals surface area contributed by atoms with Crippen molar-refractivity contribution >= 4 is 10.8 Å². The van der Waals surface area contributed by atoms with Gasteiger partial charge in [0.25, 0.3) is 11.1 Å². The number of H-pyrrole nitrogens is 1. The van der Waals surface area contributed by atoms with Gasteiger partial charge in [0.15, 0.2) is 0 Å². The fraction of sp³-hybridized carbons (Fsp3) is 0.385. The lowest BCUT2D eigenvalue weighted by Gasteiger charge is -2.15. The standard InChI is InChI=1S/C13H16N2O3/c1-8(2)11(16)7-15-13(18)10-6-4-3-5-9(10)12(17)14-15/h3-6,8,11,16H,7H2,1-2H3,(H,14,17). The van der Waals surface area contributed by atoms with Crippen molar-refractivity contribution in [1.82, 2.24) is 9.78 Å². The highest BCUT2D eigenvalue weighted by atomic mass is 16.3. The monoisotopic (exact) mass is 248 g/mol. The lowest BCUT2D eigenvalue weighted by molar-refractivity contribution is 0.101. The van der Waals surface area contributed by atoms with E-state index in [1.165, 1.54) is 4.68 Å². The largest absolute Gasteiger partial charge is 0.391 e. The summed E-state index contributed by atoms with van der Waals surface area (Å²) in [6, 6.07) is 6.65. The van der Waals surface area contributed by atoms with Crippen molar-refractivity contribution < 1.29 is 5.11 Å². The van der Waals surface area contributed by atoms with Crippen molar-refractivity contribution in [2.24, 2.45) is 5.92 Å². The first-order chi connectivity index (χ1) is 8.50. The molecule has 0 saturated heterocycles. The zero-order valence-corrected chi connectivity index (χ0v) is 10.4. The molecule has 1 heterocycles. The molecule has 0 saturated carbocycles. The number of hydrogen-bond donors (Lipinski definition) is 2. The van der Waals surface area contributed by atoms with E-state index in [2.05, 4.69) is 5.10 Å². The van der Waals surface area contributed by atoms with E-state index < -0.39 is 6.10 Å². The molecule has 18 heavy (non-hydrogen) atoms. The molecule has 1 aromatic heterocycles. The number of rotatable bonds is 3. The van der Waals surface area contributed by atoms with Gasteiger partial charge in [-0.05, 0) is 18.1 Å². The van der Waals surface area contributed by atoms with Gasteiger partial charge >= 0.3 is 0 Å². The fourth-order valence-corrected chi connectivity index (χ4v) is 1.77. The smallest absolute Gasteiger partial charge is 0.273 e. The summed E-state index contributed by atoms with van der Waals surface area (Å²) in [5.41, 5.74) is -0.606. The van der Waals surface area contributed by atoms with Crippen LogP contribution < -0.4 is 11.1 Å². The average molecular weight is 248 g/mol. The van der Waals surface area contributed by atoms with Gasteiger partial charge in [0.2, 0.25) is 0 Å².